The topological polar surface area (TPSA) is 52.6 Å². The van der Waals surface area contributed by atoms with Gasteiger partial charge in [0.25, 0.3) is 5.91 Å². The van der Waals surface area contributed by atoms with Crippen LogP contribution in [0.1, 0.15) is 30.1 Å². The van der Waals surface area contributed by atoms with E-state index in [0.29, 0.717) is 17.7 Å². The number of hydrogen-bond donors (Lipinski definition) is 2. The summed E-state index contributed by atoms with van der Waals surface area (Å²) in [6.45, 7) is 6.00. The average molecular weight is 356 g/mol. The molecule has 1 aliphatic heterocycles. The first kappa shape index (κ1) is 18.4. The van der Waals surface area contributed by atoms with Gasteiger partial charge in [-0.3, -0.25) is 4.79 Å². The van der Waals surface area contributed by atoms with Crippen molar-refractivity contribution in [2.75, 3.05) is 26.2 Å². The van der Waals surface area contributed by atoms with Gasteiger partial charge in [-0.15, -0.1) is 0 Å². The molecular formula is C21H25FN2O2. The normalized spacial score (nSPS) is 17.8. The van der Waals surface area contributed by atoms with Crippen LogP contribution < -0.4 is 5.32 Å². The first-order valence-electron chi connectivity index (χ1n) is 9.12. The van der Waals surface area contributed by atoms with Crippen molar-refractivity contribution < 1.29 is 14.3 Å². The van der Waals surface area contributed by atoms with Crippen molar-refractivity contribution in [2.24, 2.45) is 5.92 Å². The Bertz CT molecular complexity index is 761. The van der Waals surface area contributed by atoms with Gasteiger partial charge in [0.2, 0.25) is 0 Å². The molecule has 2 aromatic carbocycles. The first-order chi connectivity index (χ1) is 12.5. The van der Waals surface area contributed by atoms with E-state index < -0.39 is 5.82 Å². The van der Waals surface area contributed by atoms with Gasteiger partial charge in [-0.1, -0.05) is 25.1 Å². The average Bonchev–Trinajstić information content (AvgIpc) is 2.64. The fourth-order valence-electron chi connectivity index (χ4n) is 3.42. The third-order valence-corrected chi connectivity index (χ3v) is 4.88. The van der Waals surface area contributed by atoms with Crippen LogP contribution in [-0.2, 0) is 0 Å². The molecule has 1 heterocycles. The molecule has 138 valence electrons. The van der Waals surface area contributed by atoms with E-state index in [2.05, 4.69) is 17.1 Å². The molecule has 0 radical (unpaired) electrons. The van der Waals surface area contributed by atoms with Crippen LogP contribution in [0.3, 0.4) is 0 Å². The number of piperidine rings is 1. The van der Waals surface area contributed by atoms with E-state index in [-0.39, 0.29) is 11.7 Å². The molecule has 1 saturated heterocycles. The summed E-state index contributed by atoms with van der Waals surface area (Å²) < 4.78 is 13.5. The molecule has 0 saturated carbocycles. The highest BCUT2D eigenvalue weighted by Crippen LogP contribution is 2.25. The number of amides is 1. The summed E-state index contributed by atoms with van der Waals surface area (Å²) >= 11 is 0. The van der Waals surface area contributed by atoms with Crippen molar-refractivity contribution in [3.05, 3.63) is 53.8 Å². The van der Waals surface area contributed by atoms with Crippen molar-refractivity contribution >= 4 is 5.91 Å². The van der Waals surface area contributed by atoms with Gasteiger partial charge in [-0.2, -0.15) is 0 Å². The number of nitrogens with one attached hydrogen (secondary N) is 1. The zero-order chi connectivity index (χ0) is 18.5. The van der Waals surface area contributed by atoms with Crippen LogP contribution in [0.15, 0.2) is 42.5 Å². The minimum atomic E-state index is -0.656. The minimum absolute atomic E-state index is 0.0986. The van der Waals surface area contributed by atoms with Crippen LogP contribution >= 0.6 is 0 Å². The van der Waals surface area contributed by atoms with E-state index in [4.69, 9.17) is 0 Å². The number of halogens is 1. The molecule has 0 spiro atoms. The summed E-state index contributed by atoms with van der Waals surface area (Å²) in [5, 5.41) is 12.2. The summed E-state index contributed by atoms with van der Waals surface area (Å²) in [7, 11) is 0. The fourth-order valence-corrected chi connectivity index (χ4v) is 3.42. The minimum Gasteiger partial charge on any atom is -0.505 e. The van der Waals surface area contributed by atoms with Crippen LogP contribution in [-0.4, -0.2) is 42.1 Å². The van der Waals surface area contributed by atoms with Crippen molar-refractivity contribution in [1.82, 2.24) is 10.2 Å². The molecule has 2 N–H and O–H groups in total. The lowest BCUT2D eigenvalue weighted by Gasteiger charge is -2.30. The van der Waals surface area contributed by atoms with Gasteiger partial charge in [-0.25, -0.2) is 4.39 Å². The highest BCUT2D eigenvalue weighted by Gasteiger charge is 2.16. The number of rotatable bonds is 5. The van der Waals surface area contributed by atoms with Gasteiger partial charge in [0.1, 0.15) is 0 Å². The number of phenols is 1. The molecule has 3 rings (SSSR count). The fraction of sp³-hybridized carbons (Fsp3) is 0.381. The second-order valence-electron chi connectivity index (χ2n) is 7.05. The molecule has 26 heavy (non-hydrogen) atoms. The van der Waals surface area contributed by atoms with Crippen molar-refractivity contribution in [2.45, 2.75) is 19.8 Å². The SMILES string of the molecule is C[C@@H]1CCCN(CCNC(=O)c2ccc(-c3ccc(O)c(F)c3)cc2)C1. The lowest BCUT2D eigenvalue weighted by molar-refractivity contribution is 0.0944. The molecule has 0 aliphatic carbocycles. The third kappa shape index (κ3) is 4.61. The molecule has 0 bridgehead atoms. The molecule has 5 heteroatoms. The number of aromatic hydroxyl groups is 1. The highest BCUT2D eigenvalue weighted by molar-refractivity contribution is 5.94. The van der Waals surface area contributed by atoms with Crippen LogP contribution in [0.5, 0.6) is 5.75 Å². The Balaban J connectivity index is 1.54. The highest BCUT2D eigenvalue weighted by atomic mass is 19.1. The van der Waals surface area contributed by atoms with Gasteiger partial charge in [0, 0.05) is 25.2 Å². The largest absolute Gasteiger partial charge is 0.505 e. The number of carbonyl (C=O) groups is 1. The summed E-state index contributed by atoms with van der Waals surface area (Å²) in [6, 6.07) is 11.3. The molecular weight excluding hydrogens is 331 g/mol. The number of hydrogen-bond acceptors (Lipinski definition) is 3. The van der Waals surface area contributed by atoms with Crippen molar-refractivity contribution in [1.29, 1.82) is 0 Å². The van der Waals surface area contributed by atoms with E-state index in [1.54, 1.807) is 30.3 Å². The molecule has 0 aromatic heterocycles. The Kier molecular flexibility index (Phi) is 5.89. The van der Waals surface area contributed by atoms with E-state index >= 15 is 0 Å². The Morgan fingerprint density at radius 3 is 2.65 bits per heavy atom. The van der Waals surface area contributed by atoms with Crippen LogP contribution in [0.4, 0.5) is 4.39 Å². The van der Waals surface area contributed by atoms with Gasteiger partial charge in [0.05, 0.1) is 0 Å². The summed E-state index contributed by atoms with van der Waals surface area (Å²) in [5.74, 6) is -0.389. The zero-order valence-electron chi connectivity index (χ0n) is 15.0. The standard InChI is InChI=1S/C21H25FN2O2/c1-15-3-2-11-24(14-15)12-10-23-21(26)17-6-4-16(5-7-17)18-8-9-20(25)19(22)13-18/h4-9,13,15,25H,2-3,10-12,14H2,1H3,(H,23,26)/t15-/m1/s1. The second kappa shape index (κ2) is 8.32. The Hall–Kier alpha value is -2.40. The lowest BCUT2D eigenvalue weighted by atomic mass is 10.0. The molecule has 0 unspecified atom stereocenters. The predicted octanol–water partition coefficient (Wildman–Crippen LogP) is 3.66. The molecule has 4 nitrogen and oxygen atoms in total. The molecule has 1 atom stereocenters. The predicted molar refractivity (Wildman–Crippen MR) is 101 cm³/mol. The van der Waals surface area contributed by atoms with Crippen molar-refractivity contribution in [3.8, 4) is 16.9 Å². The maximum atomic E-state index is 13.5. The molecule has 2 aromatic rings. The van der Waals surface area contributed by atoms with E-state index in [0.717, 1.165) is 31.1 Å². The Morgan fingerprint density at radius 1 is 1.23 bits per heavy atom. The summed E-state index contributed by atoms with van der Waals surface area (Å²) in [6.07, 6.45) is 2.52. The first-order valence-corrected chi connectivity index (χ1v) is 9.12. The Labute approximate surface area is 153 Å². The smallest absolute Gasteiger partial charge is 0.251 e. The van der Waals surface area contributed by atoms with Crippen LogP contribution in [0, 0.1) is 11.7 Å². The van der Waals surface area contributed by atoms with Gasteiger partial charge in [0.15, 0.2) is 11.6 Å². The maximum absolute atomic E-state index is 13.5. The maximum Gasteiger partial charge on any atom is 0.251 e. The third-order valence-electron chi connectivity index (χ3n) is 4.88. The number of likely N-dealkylation sites (tertiary alicyclic amines) is 1. The number of nitrogens with zero attached hydrogens (tertiary/aromatic N) is 1. The quantitative estimate of drug-likeness (QED) is 0.860. The van der Waals surface area contributed by atoms with Gasteiger partial charge in [-0.05, 0) is 60.7 Å². The number of benzene rings is 2. The summed E-state index contributed by atoms with van der Waals surface area (Å²) in [5.41, 5.74) is 2.04. The van der Waals surface area contributed by atoms with Gasteiger partial charge < -0.3 is 15.3 Å². The van der Waals surface area contributed by atoms with Crippen LogP contribution in [0.2, 0.25) is 0 Å². The van der Waals surface area contributed by atoms with E-state index in [9.17, 15) is 14.3 Å². The molecule has 1 fully saturated rings. The zero-order valence-corrected chi connectivity index (χ0v) is 15.0. The van der Waals surface area contributed by atoms with E-state index in [1.807, 2.05) is 0 Å². The molecule has 1 amide bonds. The van der Waals surface area contributed by atoms with Crippen molar-refractivity contribution in [3.63, 3.8) is 0 Å². The molecule has 1 aliphatic rings. The number of phenolic OH excluding ortho intramolecular Hbond substituents is 1. The van der Waals surface area contributed by atoms with Crippen LogP contribution in [0.25, 0.3) is 11.1 Å². The van der Waals surface area contributed by atoms with Gasteiger partial charge >= 0.3 is 0 Å². The summed E-state index contributed by atoms with van der Waals surface area (Å²) in [4.78, 5) is 14.7. The van der Waals surface area contributed by atoms with E-state index in [1.165, 1.54) is 25.0 Å². The lowest BCUT2D eigenvalue weighted by Crippen LogP contribution is -2.40. The second-order valence-corrected chi connectivity index (χ2v) is 7.05. The number of carbonyl (C=O) groups excluding carboxylic acids is 1. The monoisotopic (exact) mass is 356 g/mol. The Morgan fingerprint density at radius 2 is 1.96 bits per heavy atom.